The molecule has 0 bridgehead atoms. The van der Waals surface area contributed by atoms with Crippen molar-refractivity contribution in [2.24, 2.45) is 5.41 Å². The number of fused-ring (bicyclic) bond motifs is 1. The van der Waals surface area contributed by atoms with E-state index in [1.807, 2.05) is 30.3 Å². The van der Waals surface area contributed by atoms with Crippen LogP contribution >= 0.6 is 0 Å². The maximum Gasteiger partial charge on any atom is 0.404 e. The molecule has 0 saturated carbocycles. The van der Waals surface area contributed by atoms with Crippen molar-refractivity contribution >= 4 is 16.7 Å². The van der Waals surface area contributed by atoms with Crippen LogP contribution in [0.5, 0.6) is 0 Å². The molecule has 2 rings (SSSR count). The van der Waals surface area contributed by atoms with Gasteiger partial charge in [-0.05, 0) is 36.2 Å². The van der Waals surface area contributed by atoms with Crippen molar-refractivity contribution < 1.29 is 22.7 Å². The molecule has 21 heavy (non-hydrogen) atoms. The van der Waals surface area contributed by atoms with E-state index in [4.69, 9.17) is 4.74 Å². The molecule has 0 N–H and O–H groups in total. The lowest BCUT2D eigenvalue weighted by atomic mass is 9.93. The number of carbonyl (C=O) groups excluding carboxylic acids is 1. The smallest absolute Gasteiger partial charge is 0.404 e. The van der Waals surface area contributed by atoms with E-state index >= 15 is 0 Å². The van der Waals surface area contributed by atoms with E-state index in [0.717, 1.165) is 24.6 Å². The SMILES string of the molecule is CC(C)(C(=O)OCc1ccc2ccccc2c1)C(F)(F)F. The van der Waals surface area contributed by atoms with Gasteiger partial charge in [0.25, 0.3) is 0 Å². The molecule has 0 saturated heterocycles. The summed E-state index contributed by atoms with van der Waals surface area (Å²) in [7, 11) is 0. The summed E-state index contributed by atoms with van der Waals surface area (Å²) in [6, 6.07) is 12.9. The molecular weight excluding hydrogens is 281 g/mol. The predicted octanol–water partition coefficient (Wildman–Crippen LogP) is 4.47. The van der Waals surface area contributed by atoms with Gasteiger partial charge in [-0.1, -0.05) is 36.4 Å². The van der Waals surface area contributed by atoms with Crippen LogP contribution in [0.1, 0.15) is 19.4 Å². The van der Waals surface area contributed by atoms with Gasteiger partial charge < -0.3 is 4.74 Å². The van der Waals surface area contributed by atoms with Gasteiger partial charge in [-0.25, -0.2) is 0 Å². The Labute approximate surface area is 120 Å². The summed E-state index contributed by atoms with van der Waals surface area (Å²) >= 11 is 0. The molecule has 0 aromatic heterocycles. The largest absolute Gasteiger partial charge is 0.460 e. The van der Waals surface area contributed by atoms with Crippen molar-refractivity contribution in [2.75, 3.05) is 0 Å². The monoisotopic (exact) mass is 296 g/mol. The molecule has 0 spiro atoms. The summed E-state index contributed by atoms with van der Waals surface area (Å²) in [6.45, 7) is 1.45. The average molecular weight is 296 g/mol. The topological polar surface area (TPSA) is 26.3 Å². The second-order valence-electron chi connectivity index (χ2n) is 5.38. The maximum atomic E-state index is 12.7. The fourth-order valence-corrected chi connectivity index (χ4v) is 1.77. The number of hydrogen-bond donors (Lipinski definition) is 0. The summed E-state index contributed by atoms with van der Waals surface area (Å²) < 4.78 is 43.0. The van der Waals surface area contributed by atoms with E-state index in [-0.39, 0.29) is 6.61 Å². The second-order valence-corrected chi connectivity index (χ2v) is 5.38. The molecule has 2 nitrogen and oxygen atoms in total. The minimum absolute atomic E-state index is 0.177. The Morgan fingerprint density at radius 3 is 2.29 bits per heavy atom. The summed E-state index contributed by atoms with van der Waals surface area (Å²) in [6.07, 6.45) is -4.63. The molecule has 0 atom stereocenters. The minimum atomic E-state index is -4.63. The highest BCUT2D eigenvalue weighted by Crippen LogP contribution is 2.38. The number of ether oxygens (including phenoxy) is 1. The number of alkyl halides is 3. The molecule has 0 fully saturated rings. The summed E-state index contributed by atoms with van der Waals surface area (Å²) in [5.41, 5.74) is -1.86. The Balaban J connectivity index is 2.10. The number of benzene rings is 2. The van der Waals surface area contributed by atoms with Crippen LogP contribution in [0.15, 0.2) is 42.5 Å². The Hall–Kier alpha value is -2.04. The highest BCUT2D eigenvalue weighted by molar-refractivity contribution is 5.83. The number of esters is 1. The van der Waals surface area contributed by atoms with Crippen molar-refractivity contribution in [1.29, 1.82) is 0 Å². The van der Waals surface area contributed by atoms with Crippen LogP contribution in [-0.2, 0) is 16.1 Å². The van der Waals surface area contributed by atoms with Crippen LogP contribution in [0.3, 0.4) is 0 Å². The molecule has 2 aromatic rings. The number of rotatable bonds is 3. The summed E-state index contributed by atoms with van der Waals surface area (Å²) in [5, 5.41) is 1.96. The molecule has 0 heterocycles. The first kappa shape index (κ1) is 15.4. The molecule has 0 amide bonds. The molecule has 2 aromatic carbocycles. The second kappa shape index (κ2) is 5.39. The van der Waals surface area contributed by atoms with Gasteiger partial charge in [-0.3, -0.25) is 4.79 Å². The highest BCUT2D eigenvalue weighted by atomic mass is 19.4. The molecule has 5 heteroatoms. The van der Waals surface area contributed by atoms with Gasteiger partial charge in [0, 0.05) is 0 Å². The van der Waals surface area contributed by atoms with Crippen molar-refractivity contribution in [3.05, 3.63) is 48.0 Å². The van der Waals surface area contributed by atoms with Gasteiger partial charge in [0.05, 0.1) is 0 Å². The van der Waals surface area contributed by atoms with Crippen LogP contribution in [0, 0.1) is 5.41 Å². The molecule has 0 radical (unpaired) electrons. The zero-order valence-corrected chi connectivity index (χ0v) is 11.7. The van der Waals surface area contributed by atoms with Crippen LogP contribution < -0.4 is 0 Å². The standard InChI is InChI=1S/C16H15F3O2/c1-15(2,16(17,18)19)14(20)21-10-11-7-8-12-5-3-4-6-13(12)9-11/h3-9H,10H2,1-2H3. The molecule has 0 aliphatic rings. The van der Waals surface area contributed by atoms with E-state index in [2.05, 4.69) is 0 Å². The number of halogens is 3. The van der Waals surface area contributed by atoms with E-state index in [9.17, 15) is 18.0 Å². The van der Waals surface area contributed by atoms with Gasteiger partial charge >= 0.3 is 12.1 Å². The first-order valence-electron chi connectivity index (χ1n) is 6.43. The lowest BCUT2D eigenvalue weighted by Crippen LogP contribution is -2.40. The van der Waals surface area contributed by atoms with Crippen molar-refractivity contribution in [1.82, 2.24) is 0 Å². The van der Waals surface area contributed by atoms with Gasteiger partial charge in [-0.15, -0.1) is 0 Å². The third-order valence-electron chi connectivity index (χ3n) is 3.40. The zero-order chi connectivity index (χ0) is 15.7. The van der Waals surface area contributed by atoms with Gasteiger partial charge in [0.15, 0.2) is 5.41 Å². The first-order chi connectivity index (χ1) is 9.72. The quantitative estimate of drug-likeness (QED) is 0.781. The average Bonchev–Trinajstić information content (AvgIpc) is 2.43. The third-order valence-corrected chi connectivity index (χ3v) is 3.40. The van der Waals surface area contributed by atoms with Crippen LogP contribution in [0.4, 0.5) is 13.2 Å². The van der Waals surface area contributed by atoms with Gasteiger partial charge in [0.1, 0.15) is 6.61 Å². The fraction of sp³-hybridized carbons (Fsp3) is 0.312. The van der Waals surface area contributed by atoms with E-state index < -0.39 is 17.6 Å². The van der Waals surface area contributed by atoms with E-state index in [1.165, 1.54) is 0 Å². The van der Waals surface area contributed by atoms with Crippen LogP contribution in [-0.4, -0.2) is 12.1 Å². The Kier molecular flexibility index (Phi) is 3.94. The third kappa shape index (κ3) is 3.17. The lowest BCUT2D eigenvalue weighted by molar-refractivity contribution is -0.225. The molecule has 0 aliphatic heterocycles. The number of carbonyl (C=O) groups is 1. The predicted molar refractivity (Wildman–Crippen MR) is 73.6 cm³/mol. The van der Waals surface area contributed by atoms with Crippen molar-refractivity contribution in [3.8, 4) is 0 Å². The molecule has 0 aliphatic carbocycles. The van der Waals surface area contributed by atoms with Gasteiger partial charge in [0.2, 0.25) is 0 Å². The Morgan fingerprint density at radius 1 is 1.05 bits per heavy atom. The van der Waals surface area contributed by atoms with Gasteiger partial charge in [-0.2, -0.15) is 13.2 Å². The number of hydrogen-bond acceptors (Lipinski definition) is 2. The molecule has 112 valence electrons. The van der Waals surface area contributed by atoms with Crippen molar-refractivity contribution in [2.45, 2.75) is 26.6 Å². The fourth-order valence-electron chi connectivity index (χ4n) is 1.77. The first-order valence-corrected chi connectivity index (χ1v) is 6.43. The minimum Gasteiger partial charge on any atom is -0.460 e. The Bertz CT molecular complexity index is 660. The Morgan fingerprint density at radius 2 is 1.67 bits per heavy atom. The maximum absolute atomic E-state index is 12.7. The highest BCUT2D eigenvalue weighted by Gasteiger charge is 2.54. The zero-order valence-electron chi connectivity index (χ0n) is 11.7. The van der Waals surface area contributed by atoms with E-state index in [0.29, 0.717) is 5.56 Å². The van der Waals surface area contributed by atoms with E-state index in [1.54, 1.807) is 12.1 Å². The lowest BCUT2D eigenvalue weighted by Gasteiger charge is -2.25. The molecular formula is C16H15F3O2. The summed E-state index contributed by atoms with van der Waals surface area (Å²) in [4.78, 5) is 11.6. The molecule has 0 unspecified atom stereocenters. The van der Waals surface area contributed by atoms with Crippen molar-refractivity contribution in [3.63, 3.8) is 0 Å². The summed E-state index contributed by atoms with van der Waals surface area (Å²) in [5.74, 6) is -1.27. The van der Waals surface area contributed by atoms with Crippen LogP contribution in [0.25, 0.3) is 10.8 Å². The normalized spacial score (nSPS) is 12.4. The van der Waals surface area contributed by atoms with Crippen LogP contribution in [0.2, 0.25) is 0 Å².